The van der Waals surface area contributed by atoms with Gasteiger partial charge in [-0.05, 0) is 35.7 Å². The summed E-state index contributed by atoms with van der Waals surface area (Å²) >= 11 is 6.09. The Bertz CT molecular complexity index is 383. The highest BCUT2D eigenvalue weighted by Gasteiger charge is 2.16. The minimum atomic E-state index is 0.282. The molecule has 0 saturated carbocycles. The van der Waals surface area contributed by atoms with Gasteiger partial charge < -0.3 is 10.2 Å². The highest BCUT2D eigenvalue weighted by Crippen LogP contribution is 2.26. The third-order valence-corrected chi connectivity index (χ3v) is 2.96. The van der Waals surface area contributed by atoms with E-state index in [4.69, 9.17) is 11.6 Å². The van der Waals surface area contributed by atoms with Gasteiger partial charge in [-0.15, -0.1) is 0 Å². The van der Waals surface area contributed by atoms with Gasteiger partial charge in [0.15, 0.2) is 0 Å². The van der Waals surface area contributed by atoms with Crippen molar-refractivity contribution in [2.45, 2.75) is 34.2 Å². The number of hydrogen-bond donors (Lipinski definition) is 1. The fraction of sp³-hybridized carbons (Fsp3) is 0.600. The van der Waals surface area contributed by atoms with Crippen molar-refractivity contribution in [2.75, 3.05) is 25.0 Å². The highest BCUT2D eigenvalue weighted by atomic mass is 35.5. The lowest BCUT2D eigenvalue weighted by molar-refractivity contribution is 0.418. The van der Waals surface area contributed by atoms with E-state index in [1.807, 2.05) is 6.07 Å². The molecule has 0 atom stereocenters. The van der Waals surface area contributed by atoms with Crippen LogP contribution in [0.15, 0.2) is 18.2 Å². The summed E-state index contributed by atoms with van der Waals surface area (Å²) in [4.78, 5) is 2.31. The van der Waals surface area contributed by atoms with Gasteiger partial charge in [0.05, 0.1) is 0 Å². The molecule has 0 heterocycles. The average Bonchev–Trinajstić information content (AvgIpc) is 2.23. The predicted octanol–water partition coefficient (Wildman–Crippen LogP) is 3.93. The lowest BCUT2D eigenvalue weighted by Gasteiger charge is -2.30. The van der Waals surface area contributed by atoms with E-state index in [0.29, 0.717) is 0 Å². The smallest absolute Gasteiger partial charge is 0.0410 e. The summed E-state index contributed by atoms with van der Waals surface area (Å²) in [5.74, 6) is 0. The molecule has 0 saturated heterocycles. The number of nitrogens with zero attached hydrogens (tertiary/aromatic N) is 1. The first kappa shape index (κ1) is 15.3. The number of rotatable bonds is 5. The van der Waals surface area contributed by atoms with Crippen molar-refractivity contribution in [1.29, 1.82) is 0 Å². The van der Waals surface area contributed by atoms with E-state index in [9.17, 15) is 0 Å². The lowest BCUT2D eigenvalue weighted by Crippen LogP contribution is -2.30. The van der Waals surface area contributed by atoms with Gasteiger partial charge in [0.25, 0.3) is 0 Å². The molecule has 0 aliphatic carbocycles. The van der Waals surface area contributed by atoms with Crippen LogP contribution in [0.5, 0.6) is 0 Å². The van der Waals surface area contributed by atoms with Crippen molar-refractivity contribution in [3.8, 4) is 0 Å². The molecule has 1 aromatic rings. The summed E-state index contributed by atoms with van der Waals surface area (Å²) in [5.41, 5.74) is 2.80. The molecule has 3 heteroatoms. The zero-order valence-electron chi connectivity index (χ0n) is 12.2. The molecule has 18 heavy (non-hydrogen) atoms. The normalized spacial score (nSPS) is 11.7. The molecule has 0 amide bonds. The molecule has 1 aromatic carbocycles. The Balaban J connectivity index is 2.92. The average molecular weight is 269 g/mol. The Labute approximate surface area is 116 Å². The summed E-state index contributed by atoms with van der Waals surface area (Å²) in [5, 5.41) is 4.17. The van der Waals surface area contributed by atoms with Gasteiger partial charge in [0.2, 0.25) is 0 Å². The first-order chi connectivity index (χ1) is 8.33. The van der Waals surface area contributed by atoms with Crippen LogP contribution in [-0.4, -0.2) is 20.1 Å². The Kier molecular flexibility index (Phi) is 5.48. The molecular weight excluding hydrogens is 244 g/mol. The third-order valence-electron chi connectivity index (χ3n) is 2.73. The summed E-state index contributed by atoms with van der Waals surface area (Å²) in [6.07, 6.45) is 0. The van der Waals surface area contributed by atoms with Crippen LogP contribution in [-0.2, 0) is 6.54 Å². The highest BCUT2D eigenvalue weighted by molar-refractivity contribution is 6.30. The zero-order chi connectivity index (χ0) is 13.8. The quantitative estimate of drug-likeness (QED) is 0.870. The van der Waals surface area contributed by atoms with Crippen molar-refractivity contribution < 1.29 is 0 Å². The van der Waals surface area contributed by atoms with E-state index < -0.39 is 0 Å². The van der Waals surface area contributed by atoms with Gasteiger partial charge >= 0.3 is 0 Å². The largest absolute Gasteiger partial charge is 0.374 e. The molecule has 1 N–H and O–H groups in total. The number of halogens is 1. The van der Waals surface area contributed by atoms with Crippen LogP contribution in [0.3, 0.4) is 0 Å². The third kappa shape index (κ3) is 4.87. The second-order valence-electron chi connectivity index (χ2n) is 5.97. The summed E-state index contributed by atoms with van der Waals surface area (Å²) in [7, 11) is 2.14. The maximum absolute atomic E-state index is 6.09. The standard InChI is InChI=1S/C15H25ClN2/c1-6-17-10-12-9-13(16)7-8-14(12)18(5)11-15(2,3)4/h7-9,17H,6,10-11H2,1-5H3. The molecule has 0 aliphatic rings. The molecule has 0 spiro atoms. The van der Waals surface area contributed by atoms with Gasteiger partial charge in [0.1, 0.15) is 0 Å². The topological polar surface area (TPSA) is 15.3 Å². The van der Waals surface area contributed by atoms with Gasteiger partial charge in [-0.2, -0.15) is 0 Å². The summed E-state index contributed by atoms with van der Waals surface area (Å²) in [6.45, 7) is 11.7. The fourth-order valence-corrected chi connectivity index (χ4v) is 2.32. The van der Waals surface area contributed by atoms with Gasteiger partial charge in [0, 0.05) is 30.8 Å². The minimum Gasteiger partial charge on any atom is -0.374 e. The van der Waals surface area contributed by atoms with Gasteiger partial charge in [-0.25, -0.2) is 0 Å². The SMILES string of the molecule is CCNCc1cc(Cl)ccc1N(C)CC(C)(C)C. The molecule has 1 rings (SSSR count). The van der Waals surface area contributed by atoms with Crippen molar-refractivity contribution in [3.63, 3.8) is 0 Å². The van der Waals surface area contributed by atoms with Gasteiger partial charge in [-0.1, -0.05) is 39.3 Å². The van der Waals surface area contributed by atoms with E-state index in [1.165, 1.54) is 11.3 Å². The Morgan fingerprint density at radius 3 is 2.50 bits per heavy atom. The zero-order valence-corrected chi connectivity index (χ0v) is 12.9. The fourth-order valence-electron chi connectivity index (χ4n) is 2.12. The Morgan fingerprint density at radius 1 is 1.28 bits per heavy atom. The number of anilines is 1. The first-order valence-electron chi connectivity index (χ1n) is 6.54. The van der Waals surface area contributed by atoms with Crippen LogP contribution in [0, 0.1) is 5.41 Å². The van der Waals surface area contributed by atoms with Crippen LogP contribution in [0.1, 0.15) is 33.3 Å². The number of benzene rings is 1. The molecule has 102 valence electrons. The Hall–Kier alpha value is -0.730. The van der Waals surface area contributed by atoms with E-state index >= 15 is 0 Å². The van der Waals surface area contributed by atoms with Crippen LogP contribution in [0.4, 0.5) is 5.69 Å². The Morgan fingerprint density at radius 2 is 1.94 bits per heavy atom. The van der Waals surface area contributed by atoms with Crippen molar-refractivity contribution in [3.05, 3.63) is 28.8 Å². The van der Waals surface area contributed by atoms with Crippen LogP contribution >= 0.6 is 11.6 Å². The molecule has 0 radical (unpaired) electrons. The maximum atomic E-state index is 6.09. The molecule has 0 unspecified atom stereocenters. The minimum absolute atomic E-state index is 0.282. The predicted molar refractivity (Wildman–Crippen MR) is 81.6 cm³/mol. The van der Waals surface area contributed by atoms with Crippen LogP contribution < -0.4 is 10.2 Å². The molecule has 0 aliphatic heterocycles. The van der Waals surface area contributed by atoms with E-state index in [-0.39, 0.29) is 5.41 Å². The number of hydrogen-bond acceptors (Lipinski definition) is 2. The summed E-state index contributed by atoms with van der Waals surface area (Å²) in [6, 6.07) is 6.13. The van der Waals surface area contributed by atoms with Crippen molar-refractivity contribution >= 4 is 17.3 Å². The second-order valence-corrected chi connectivity index (χ2v) is 6.41. The van der Waals surface area contributed by atoms with Crippen LogP contribution in [0.25, 0.3) is 0 Å². The van der Waals surface area contributed by atoms with Gasteiger partial charge in [-0.3, -0.25) is 0 Å². The number of nitrogens with one attached hydrogen (secondary N) is 1. The molecule has 0 bridgehead atoms. The summed E-state index contributed by atoms with van der Waals surface area (Å²) < 4.78 is 0. The monoisotopic (exact) mass is 268 g/mol. The molecule has 2 nitrogen and oxygen atoms in total. The van der Waals surface area contributed by atoms with Crippen molar-refractivity contribution in [1.82, 2.24) is 5.32 Å². The van der Waals surface area contributed by atoms with E-state index in [1.54, 1.807) is 0 Å². The van der Waals surface area contributed by atoms with E-state index in [0.717, 1.165) is 24.7 Å². The maximum Gasteiger partial charge on any atom is 0.0410 e. The van der Waals surface area contributed by atoms with Crippen LogP contribution in [0.2, 0.25) is 5.02 Å². The lowest BCUT2D eigenvalue weighted by atomic mass is 9.95. The molecule has 0 aromatic heterocycles. The van der Waals surface area contributed by atoms with Crippen molar-refractivity contribution in [2.24, 2.45) is 5.41 Å². The van der Waals surface area contributed by atoms with E-state index in [2.05, 4.69) is 57.1 Å². The first-order valence-corrected chi connectivity index (χ1v) is 6.91. The molecular formula is C15H25ClN2. The second kappa shape index (κ2) is 6.44. The molecule has 0 fully saturated rings.